The molecule has 1 spiro atoms. The van der Waals surface area contributed by atoms with Crippen molar-refractivity contribution in [1.82, 2.24) is 4.90 Å². The molecule has 0 radical (unpaired) electrons. The molecule has 1 aliphatic carbocycles. The maximum absolute atomic E-state index is 12.6. The topological polar surface area (TPSA) is 51.9 Å². The van der Waals surface area contributed by atoms with Crippen LogP contribution < -0.4 is 0 Å². The summed E-state index contributed by atoms with van der Waals surface area (Å²) in [6, 6.07) is 2.06. The number of nitrogens with zero attached hydrogens (tertiary/aromatic N) is 1. The highest BCUT2D eigenvalue weighted by molar-refractivity contribution is 5.95. The van der Waals surface area contributed by atoms with Gasteiger partial charge in [0.2, 0.25) is 0 Å². The Morgan fingerprint density at radius 2 is 1.86 bits per heavy atom. The van der Waals surface area contributed by atoms with Gasteiger partial charge in [0, 0.05) is 25.9 Å². The second-order valence-corrected chi connectivity index (χ2v) is 6.08. The summed E-state index contributed by atoms with van der Waals surface area (Å²) >= 11 is 0. The SMILES string of the molecule is Cc1cc(C(=O)N(C)C2CCC3(CC2)OCCO3)c(C)o1. The van der Waals surface area contributed by atoms with Gasteiger partial charge in [0.05, 0.1) is 18.8 Å². The third kappa shape index (κ3) is 2.72. The molecule has 2 aliphatic rings. The minimum atomic E-state index is -0.372. The Balaban J connectivity index is 1.65. The summed E-state index contributed by atoms with van der Waals surface area (Å²) < 4.78 is 16.9. The molecule has 5 nitrogen and oxygen atoms in total. The van der Waals surface area contributed by atoms with E-state index < -0.39 is 0 Å². The molecular formula is C16H23NO4. The van der Waals surface area contributed by atoms with Crippen LogP contribution in [0.1, 0.15) is 47.6 Å². The van der Waals surface area contributed by atoms with Crippen molar-refractivity contribution in [2.45, 2.75) is 51.4 Å². The number of amides is 1. The Hall–Kier alpha value is -1.33. The number of aryl methyl sites for hydroxylation is 2. The van der Waals surface area contributed by atoms with Crippen LogP contribution in [0.3, 0.4) is 0 Å². The fourth-order valence-corrected chi connectivity index (χ4v) is 3.41. The van der Waals surface area contributed by atoms with Gasteiger partial charge in [-0.1, -0.05) is 0 Å². The number of ether oxygens (including phenoxy) is 2. The summed E-state index contributed by atoms with van der Waals surface area (Å²) in [6.45, 7) is 5.08. The lowest BCUT2D eigenvalue weighted by molar-refractivity contribution is -0.182. The molecule has 1 saturated heterocycles. The first kappa shape index (κ1) is 14.6. The van der Waals surface area contributed by atoms with Gasteiger partial charge in [-0.05, 0) is 32.8 Å². The summed E-state index contributed by atoms with van der Waals surface area (Å²) in [5.41, 5.74) is 0.670. The quantitative estimate of drug-likeness (QED) is 0.841. The van der Waals surface area contributed by atoms with E-state index in [-0.39, 0.29) is 17.7 Å². The molecule has 1 saturated carbocycles. The van der Waals surface area contributed by atoms with Crippen LogP contribution >= 0.6 is 0 Å². The van der Waals surface area contributed by atoms with Crippen LogP contribution in [0.15, 0.2) is 10.5 Å². The molecule has 0 N–H and O–H groups in total. The average molecular weight is 293 g/mol. The fraction of sp³-hybridized carbons (Fsp3) is 0.688. The molecule has 1 aromatic rings. The molecule has 0 unspecified atom stereocenters. The van der Waals surface area contributed by atoms with Crippen molar-refractivity contribution in [2.75, 3.05) is 20.3 Å². The van der Waals surface area contributed by atoms with Crippen molar-refractivity contribution < 1.29 is 18.7 Å². The van der Waals surface area contributed by atoms with E-state index in [0.29, 0.717) is 24.5 Å². The molecule has 2 heterocycles. The summed E-state index contributed by atoms with van der Waals surface area (Å²) in [7, 11) is 1.88. The first-order chi connectivity index (χ1) is 10.0. The highest BCUT2D eigenvalue weighted by atomic mass is 16.7. The van der Waals surface area contributed by atoms with Gasteiger partial charge >= 0.3 is 0 Å². The number of hydrogen-bond donors (Lipinski definition) is 0. The van der Waals surface area contributed by atoms with Gasteiger partial charge in [-0.25, -0.2) is 0 Å². The largest absolute Gasteiger partial charge is 0.466 e. The second-order valence-electron chi connectivity index (χ2n) is 6.08. The van der Waals surface area contributed by atoms with E-state index >= 15 is 0 Å². The van der Waals surface area contributed by atoms with E-state index in [1.807, 2.05) is 31.9 Å². The van der Waals surface area contributed by atoms with Gasteiger partial charge < -0.3 is 18.8 Å². The van der Waals surface area contributed by atoms with Crippen LogP contribution in [0.25, 0.3) is 0 Å². The van der Waals surface area contributed by atoms with Crippen molar-refractivity contribution in [3.8, 4) is 0 Å². The predicted octanol–water partition coefficient (Wildman–Crippen LogP) is 2.65. The van der Waals surface area contributed by atoms with Gasteiger partial charge in [0.25, 0.3) is 5.91 Å². The molecule has 0 bridgehead atoms. The Morgan fingerprint density at radius 3 is 2.38 bits per heavy atom. The van der Waals surface area contributed by atoms with Crippen LogP contribution in [0.2, 0.25) is 0 Å². The number of hydrogen-bond acceptors (Lipinski definition) is 4. The minimum Gasteiger partial charge on any atom is -0.466 e. The van der Waals surface area contributed by atoms with Crippen molar-refractivity contribution in [3.63, 3.8) is 0 Å². The molecule has 21 heavy (non-hydrogen) atoms. The van der Waals surface area contributed by atoms with Gasteiger partial charge in [0.1, 0.15) is 11.5 Å². The normalized spacial score (nSPS) is 21.9. The number of carbonyl (C=O) groups is 1. The summed E-state index contributed by atoms with van der Waals surface area (Å²) in [5.74, 6) is 1.14. The highest BCUT2D eigenvalue weighted by Gasteiger charge is 2.41. The third-order valence-electron chi connectivity index (χ3n) is 4.67. The molecule has 1 amide bonds. The lowest BCUT2D eigenvalue weighted by Gasteiger charge is -2.39. The van der Waals surface area contributed by atoms with Crippen molar-refractivity contribution in [3.05, 3.63) is 23.2 Å². The van der Waals surface area contributed by atoms with E-state index in [1.165, 1.54) is 0 Å². The molecule has 0 atom stereocenters. The molecular weight excluding hydrogens is 270 g/mol. The number of furan rings is 1. The summed E-state index contributed by atoms with van der Waals surface area (Å²) in [6.07, 6.45) is 3.55. The molecule has 5 heteroatoms. The second kappa shape index (κ2) is 5.46. The molecule has 0 aromatic carbocycles. The van der Waals surface area contributed by atoms with E-state index in [2.05, 4.69) is 0 Å². The third-order valence-corrected chi connectivity index (χ3v) is 4.67. The highest BCUT2D eigenvalue weighted by Crippen LogP contribution is 2.37. The standard InChI is InChI=1S/C16H23NO4/c1-11-10-14(12(2)21-11)15(18)17(3)13-4-6-16(7-5-13)19-8-9-20-16/h10,13H,4-9H2,1-3H3. The first-order valence-corrected chi connectivity index (χ1v) is 7.63. The number of rotatable bonds is 2. The van der Waals surface area contributed by atoms with Gasteiger partial charge in [-0.3, -0.25) is 4.79 Å². The lowest BCUT2D eigenvalue weighted by atomic mass is 9.89. The zero-order valence-corrected chi connectivity index (χ0v) is 13.0. The Kier molecular flexibility index (Phi) is 3.80. The van der Waals surface area contributed by atoms with Gasteiger partial charge in [0.15, 0.2) is 5.79 Å². The fourth-order valence-electron chi connectivity index (χ4n) is 3.41. The smallest absolute Gasteiger partial charge is 0.257 e. The first-order valence-electron chi connectivity index (χ1n) is 7.63. The van der Waals surface area contributed by atoms with E-state index in [9.17, 15) is 4.79 Å². The van der Waals surface area contributed by atoms with Gasteiger partial charge in [-0.2, -0.15) is 0 Å². The Bertz CT molecular complexity index is 520. The monoisotopic (exact) mass is 293 g/mol. The minimum absolute atomic E-state index is 0.0403. The molecule has 3 rings (SSSR count). The maximum atomic E-state index is 12.6. The van der Waals surface area contributed by atoms with Crippen molar-refractivity contribution in [1.29, 1.82) is 0 Å². The molecule has 116 valence electrons. The van der Waals surface area contributed by atoms with E-state index in [4.69, 9.17) is 13.9 Å². The van der Waals surface area contributed by atoms with Crippen LogP contribution in [0.5, 0.6) is 0 Å². The van der Waals surface area contributed by atoms with Crippen LogP contribution in [-0.2, 0) is 9.47 Å². The predicted molar refractivity (Wildman–Crippen MR) is 77.2 cm³/mol. The zero-order chi connectivity index (χ0) is 15.0. The lowest BCUT2D eigenvalue weighted by Crippen LogP contribution is -2.45. The zero-order valence-electron chi connectivity index (χ0n) is 13.0. The van der Waals surface area contributed by atoms with Crippen LogP contribution in [0.4, 0.5) is 0 Å². The molecule has 1 aliphatic heterocycles. The Morgan fingerprint density at radius 1 is 1.24 bits per heavy atom. The summed E-state index contributed by atoms with van der Waals surface area (Å²) in [4.78, 5) is 14.4. The average Bonchev–Trinajstić information content (AvgIpc) is 3.05. The van der Waals surface area contributed by atoms with Gasteiger partial charge in [-0.15, -0.1) is 0 Å². The van der Waals surface area contributed by atoms with Crippen molar-refractivity contribution in [2.24, 2.45) is 0 Å². The van der Waals surface area contributed by atoms with Crippen LogP contribution in [-0.4, -0.2) is 42.9 Å². The van der Waals surface area contributed by atoms with Crippen LogP contribution in [0, 0.1) is 13.8 Å². The number of carbonyl (C=O) groups excluding carboxylic acids is 1. The van der Waals surface area contributed by atoms with E-state index in [0.717, 1.165) is 31.4 Å². The Labute approximate surface area is 125 Å². The summed E-state index contributed by atoms with van der Waals surface area (Å²) in [5, 5.41) is 0. The van der Waals surface area contributed by atoms with Crippen molar-refractivity contribution >= 4 is 5.91 Å². The van der Waals surface area contributed by atoms with E-state index in [1.54, 1.807) is 0 Å². The maximum Gasteiger partial charge on any atom is 0.257 e. The molecule has 2 fully saturated rings. The molecule has 1 aromatic heterocycles.